The van der Waals surface area contributed by atoms with E-state index in [1.807, 2.05) is 0 Å². The maximum atomic E-state index is 11.4. The van der Waals surface area contributed by atoms with E-state index in [9.17, 15) is 8.42 Å². The molecule has 0 aromatic rings. The molecule has 0 aromatic heterocycles. The van der Waals surface area contributed by atoms with Gasteiger partial charge in [-0.05, 0) is 45.2 Å². The molecule has 0 unspecified atom stereocenters. The normalized spacial score (nSPS) is 10.5. The summed E-state index contributed by atoms with van der Waals surface area (Å²) in [7, 11) is -3.32. The second-order valence-electron chi connectivity index (χ2n) is 4.24. The third kappa shape index (κ3) is 26.8. The summed E-state index contributed by atoms with van der Waals surface area (Å²) in [6.45, 7) is 5.37. The van der Waals surface area contributed by atoms with E-state index in [0.717, 1.165) is 0 Å². The number of nitrogens with one attached hydrogen (secondary N) is 2. The van der Waals surface area contributed by atoms with E-state index in [0.29, 0.717) is 0 Å². The number of rotatable bonds is 4. The zero-order valence-corrected chi connectivity index (χ0v) is 12.9. The van der Waals surface area contributed by atoms with Crippen LogP contribution < -0.4 is 15.8 Å². The van der Waals surface area contributed by atoms with Gasteiger partial charge >= 0.3 is 0 Å². The van der Waals surface area contributed by atoms with E-state index in [1.165, 1.54) is 0 Å². The molecule has 116 valence electrons. The summed E-state index contributed by atoms with van der Waals surface area (Å²) in [4.78, 5) is 0. The van der Waals surface area contributed by atoms with Gasteiger partial charge in [0.15, 0.2) is 0 Å². The van der Waals surface area contributed by atoms with Crippen LogP contribution in [0.25, 0.3) is 0 Å². The van der Waals surface area contributed by atoms with Crippen molar-refractivity contribution in [2.75, 3.05) is 12.3 Å². The van der Waals surface area contributed by atoms with Gasteiger partial charge in [-0.15, -0.1) is 0 Å². The van der Waals surface area contributed by atoms with E-state index in [4.69, 9.17) is 10.2 Å². The highest BCUT2D eigenvalue weighted by molar-refractivity contribution is 7.89. The molecule has 0 atom stereocenters. The van der Waals surface area contributed by atoms with Crippen LogP contribution in [0.4, 0.5) is 0 Å². The minimum absolute atomic E-state index is 0. The number of aliphatic hydroxyl groups is 2. The molecule has 0 bridgehead atoms. The first-order valence-electron chi connectivity index (χ1n) is 4.82. The molecule has 7 nitrogen and oxygen atoms in total. The Kier molecular flexibility index (Phi) is 12.5. The van der Waals surface area contributed by atoms with Crippen molar-refractivity contribution in [1.29, 1.82) is 0 Å². The third-order valence-corrected chi connectivity index (χ3v) is 2.92. The lowest BCUT2D eigenvalue weighted by molar-refractivity contribution is 0.490. The minimum atomic E-state index is -3.32. The Balaban J connectivity index is -0.000000448. The molecule has 0 aliphatic heterocycles. The number of aliphatic hydroxyl groups excluding tert-OH is 2. The van der Waals surface area contributed by atoms with E-state index < -0.39 is 25.9 Å². The van der Waals surface area contributed by atoms with E-state index >= 15 is 0 Å². The zero-order valence-electron chi connectivity index (χ0n) is 10.4. The summed E-state index contributed by atoms with van der Waals surface area (Å²) in [6.07, 6.45) is 0. The quantitative estimate of drug-likeness (QED) is 0.473. The number of hydrogen-bond donors (Lipinski definition) is 5. The highest BCUT2D eigenvalue weighted by atomic mass is 32.2. The van der Waals surface area contributed by atoms with Crippen LogP contribution in [0.1, 0.15) is 28.2 Å². The molecule has 0 amide bonds. The van der Waals surface area contributed by atoms with Crippen LogP contribution in [-0.4, -0.2) is 46.8 Å². The van der Waals surface area contributed by atoms with Crippen LogP contribution in [0, 0.1) is 0 Å². The van der Waals surface area contributed by atoms with Crippen molar-refractivity contribution in [1.82, 2.24) is 10.0 Å². The second kappa shape index (κ2) is 10.1. The average molecular weight is 334 g/mol. The number of hydrogen-bond acceptors (Lipinski definition) is 4. The fourth-order valence-electron chi connectivity index (χ4n) is 0.810. The first-order chi connectivity index (χ1) is 7.86. The fraction of sp³-hybridized carbons (Fsp3) is 0.778. The number of thiocarbonyl (C=S) groups is 2. The molecule has 0 saturated heterocycles. The van der Waals surface area contributed by atoms with Gasteiger partial charge in [0.05, 0.1) is 5.75 Å². The third-order valence-electron chi connectivity index (χ3n) is 1.11. The summed E-state index contributed by atoms with van der Waals surface area (Å²) in [5.41, 5.74) is 3.91. The van der Waals surface area contributed by atoms with Gasteiger partial charge in [-0.25, -0.2) is 13.1 Å². The minimum Gasteiger partial charge on any atom is -0.487 e. The van der Waals surface area contributed by atoms with Crippen molar-refractivity contribution >= 4 is 44.8 Å². The summed E-state index contributed by atoms with van der Waals surface area (Å²) in [6, 6.07) is 0. The maximum Gasteiger partial charge on any atom is 0.254 e. The van der Waals surface area contributed by atoms with Crippen molar-refractivity contribution in [2.45, 2.75) is 33.7 Å². The first-order valence-corrected chi connectivity index (χ1v) is 7.29. The predicted octanol–water partition coefficient (Wildman–Crippen LogP) is 0.561. The standard InChI is InChI=1S/C7H16N2O3S2.CH3NOS.CH4/c1-7(2,3)9-14(11,12)5-4-8-6(10)13;2-1(3)4;/h9H,4-5H2,1-3H3,(H2,8,10,13);(H3,2,3,4);1H4. The van der Waals surface area contributed by atoms with Crippen molar-refractivity contribution in [3.8, 4) is 0 Å². The van der Waals surface area contributed by atoms with Crippen molar-refractivity contribution in [3.63, 3.8) is 0 Å². The zero-order chi connectivity index (χ0) is 15.0. The highest BCUT2D eigenvalue weighted by Crippen LogP contribution is 2.01. The Morgan fingerprint density at radius 1 is 1.26 bits per heavy atom. The van der Waals surface area contributed by atoms with Crippen LogP contribution in [0.15, 0.2) is 0 Å². The van der Waals surface area contributed by atoms with Crippen molar-refractivity contribution < 1.29 is 18.6 Å². The Hall–Kier alpha value is -0.710. The second-order valence-corrected chi connectivity index (χ2v) is 6.89. The monoisotopic (exact) mass is 333 g/mol. The van der Waals surface area contributed by atoms with Gasteiger partial charge in [-0.1, -0.05) is 7.43 Å². The van der Waals surface area contributed by atoms with Crippen LogP contribution in [-0.2, 0) is 10.0 Å². The number of nitrogens with two attached hydrogens (primary N) is 1. The molecule has 0 heterocycles. The molecule has 19 heavy (non-hydrogen) atoms. The molecule has 0 aliphatic rings. The molecule has 0 rings (SSSR count). The predicted molar refractivity (Wildman–Crippen MR) is 86.1 cm³/mol. The largest absolute Gasteiger partial charge is 0.487 e. The molecule has 0 spiro atoms. The summed E-state index contributed by atoms with van der Waals surface area (Å²) in [5, 5.41) is 17.6. The smallest absolute Gasteiger partial charge is 0.254 e. The van der Waals surface area contributed by atoms with Crippen LogP contribution in [0.2, 0.25) is 0 Å². The molecule has 0 aliphatic carbocycles. The Bertz CT molecular complexity index is 373. The van der Waals surface area contributed by atoms with Gasteiger partial charge in [-0.2, -0.15) is 0 Å². The molecule has 6 N–H and O–H groups in total. The molecular weight excluding hydrogens is 310 g/mol. The Morgan fingerprint density at radius 2 is 1.63 bits per heavy atom. The van der Waals surface area contributed by atoms with Gasteiger partial charge in [-0.3, -0.25) is 0 Å². The first kappa shape index (κ1) is 23.4. The molecule has 0 fully saturated rings. The molecule has 0 radical (unpaired) electrons. The van der Waals surface area contributed by atoms with Crippen molar-refractivity contribution in [3.05, 3.63) is 0 Å². The van der Waals surface area contributed by atoms with Crippen LogP contribution in [0.3, 0.4) is 0 Å². The Morgan fingerprint density at radius 3 is 1.89 bits per heavy atom. The number of sulfonamides is 1. The summed E-state index contributed by atoms with van der Waals surface area (Å²) < 4.78 is 25.2. The van der Waals surface area contributed by atoms with Gasteiger partial charge in [0.1, 0.15) is 0 Å². The average Bonchev–Trinajstić information content (AvgIpc) is 1.95. The highest BCUT2D eigenvalue weighted by Gasteiger charge is 2.19. The maximum absolute atomic E-state index is 11.4. The van der Waals surface area contributed by atoms with E-state index in [1.54, 1.807) is 20.8 Å². The summed E-state index contributed by atoms with van der Waals surface area (Å²) >= 11 is 8.19. The fourth-order valence-corrected chi connectivity index (χ4v) is 2.32. The molecule has 0 aromatic carbocycles. The SMILES string of the molecule is C.CC(C)(C)NS(=O)(=O)CCNC(O)=S.NC(O)=S. The van der Waals surface area contributed by atoms with Gasteiger partial charge < -0.3 is 21.3 Å². The van der Waals surface area contributed by atoms with Gasteiger partial charge in [0.2, 0.25) is 10.0 Å². The lowest BCUT2D eigenvalue weighted by atomic mass is 10.1. The van der Waals surface area contributed by atoms with Gasteiger partial charge in [0.25, 0.3) is 10.3 Å². The lowest BCUT2D eigenvalue weighted by Gasteiger charge is -2.20. The Labute approximate surface area is 125 Å². The van der Waals surface area contributed by atoms with Gasteiger partial charge in [0, 0.05) is 12.1 Å². The van der Waals surface area contributed by atoms with E-state index in [-0.39, 0.29) is 19.7 Å². The van der Waals surface area contributed by atoms with Crippen LogP contribution in [0.5, 0.6) is 0 Å². The topological polar surface area (TPSA) is 125 Å². The summed E-state index contributed by atoms with van der Waals surface area (Å²) in [5.74, 6) is -0.120. The lowest BCUT2D eigenvalue weighted by Crippen LogP contribution is -2.43. The molecule has 0 saturated carbocycles. The van der Waals surface area contributed by atoms with E-state index in [2.05, 4.69) is 40.2 Å². The van der Waals surface area contributed by atoms with Crippen molar-refractivity contribution in [2.24, 2.45) is 5.73 Å². The molecular formula is C9H23N3O4S3. The molecule has 10 heteroatoms. The van der Waals surface area contributed by atoms with Crippen LogP contribution >= 0.6 is 24.4 Å².